The van der Waals surface area contributed by atoms with Crippen LogP contribution in [0.15, 0.2) is 0 Å². The highest BCUT2D eigenvalue weighted by Crippen LogP contribution is 2.25. The molecule has 64 valence electrons. The van der Waals surface area contributed by atoms with Gasteiger partial charge in [0.25, 0.3) is 4.82 Å². The molecule has 2 nitrogen and oxygen atoms in total. The number of halogens is 1. The Bertz CT molecular complexity index is 143. The molecule has 1 amide bonds. The van der Waals surface area contributed by atoms with E-state index in [1.54, 1.807) is 4.90 Å². The highest BCUT2D eigenvalue weighted by molar-refractivity contribution is 9.18. The van der Waals surface area contributed by atoms with E-state index < -0.39 is 0 Å². The van der Waals surface area contributed by atoms with Crippen molar-refractivity contribution in [2.24, 2.45) is 5.92 Å². The average molecular weight is 220 g/mol. The third-order valence-electron chi connectivity index (χ3n) is 2.31. The Morgan fingerprint density at radius 3 is 2.55 bits per heavy atom. The van der Waals surface area contributed by atoms with Crippen LogP contribution in [0.3, 0.4) is 0 Å². The van der Waals surface area contributed by atoms with Crippen LogP contribution in [0.1, 0.15) is 25.7 Å². The second-order valence-corrected chi connectivity index (χ2v) is 3.96. The zero-order chi connectivity index (χ0) is 8.27. The van der Waals surface area contributed by atoms with E-state index in [9.17, 15) is 4.79 Å². The van der Waals surface area contributed by atoms with Crippen molar-refractivity contribution in [3.8, 4) is 0 Å². The van der Waals surface area contributed by atoms with E-state index in [2.05, 4.69) is 15.9 Å². The fourth-order valence-electron chi connectivity index (χ4n) is 1.65. The van der Waals surface area contributed by atoms with Crippen LogP contribution in [0.25, 0.3) is 0 Å². The van der Waals surface area contributed by atoms with Crippen LogP contribution in [-0.4, -0.2) is 23.3 Å². The summed E-state index contributed by atoms with van der Waals surface area (Å²) < 4.78 is 0. The minimum absolute atomic E-state index is 0.00407. The van der Waals surface area contributed by atoms with E-state index in [0.717, 1.165) is 12.5 Å². The molecule has 0 aromatic rings. The van der Waals surface area contributed by atoms with E-state index in [-0.39, 0.29) is 4.82 Å². The lowest BCUT2D eigenvalue weighted by atomic mass is 10.1. The molecule has 1 fully saturated rings. The Hall–Kier alpha value is -0.0500. The molecule has 0 heterocycles. The number of nitrogens with zero attached hydrogens (tertiary/aromatic N) is 1. The first kappa shape index (κ1) is 9.04. The lowest BCUT2D eigenvalue weighted by Gasteiger charge is -2.17. The van der Waals surface area contributed by atoms with E-state index in [1.165, 1.54) is 25.7 Å². The molecule has 1 saturated carbocycles. The van der Waals surface area contributed by atoms with Gasteiger partial charge in [-0.15, -0.1) is 0 Å². The van der Waals surface area contributed by atoms with Crippen LogP contribution >= 0.6 is 15.9 Å². The van der Waals surface area contributed by atoms with Gasteiger partial charge in [0.1, 0.15) is 0 Å². The van der Waals surface area contributed by atoms with Crippen LogP contribution < -0.4 is 0 Å². The molecule has 0 atom stereocenters. The van der Waals surface area contributed by atoms with Crippen molar-refractivity contribution in [2.75, 3.05) is 13.6 Å². The van der Waals surface area contributed by atoms with Crippen molar-refractivity contribution < 1.29 is 4.79 Å². The first-order valence-corrected chi connectivity index (χ1v) is 4.90. The summed E-state index contributed by atoms with van der Waals surface area (Å²) in [5, 5.41) is 0. The Kier molecular flexibility index (Phi) is 3.37. The van der Waals surface area contributed by atoms with Gasteiger partial charge in [0.15, 0.2) is 0 Å². The van der Waals surface area contributed by atoms with Gasteiger partial charge in [-0.2, -0.15) is 0 Å². The Morgan fingerprint density at radius 1 is 1.55 bits per heavy atom. The van der Waals surface area contributed by atoms with Crippen molar-refractivity contribution in [3.63, 3.8) is 0 Å². The lowest BCUT2D eigenvalue weighted by Crippen LogP contribution is -2.26. The van der Waals surface area contributed by atoms with Crippen molar-refractivity contribution in [2.45, 2.75) is 25.7 Å². The minimum Gasteiger partial charge on any atom is -0.336 e. The third kappa shape index (κ3) is 2.81. The number of hydrogen-bond donors (Lipinski definition) is 0. The molecular weight excluding hydrogens is 206 g/mol. The maximum atomic E-state index is 10.8. The molecule has 1 rings (SSSR count). The molecule has 0 aromatic carbocycles. The topological polar surface area (TPSA) is 20.3 Å². The molecule has 0 N–H and O–H groups in total. The number of carbonyl (C=O) groups excluding carboxylic acids is 1. The number of amides is 1. The molecule has 0 saturated heterocycles. The third-order valence-corrected chi connectivity index (χ3v) is 2.91. The van der Waals surface area contributed by atoms with Gasteiger partial charge in [-0.25, -0.2) is 0 Å². The molecule has 1 aliphatic rings. The monoisotopic (exact) mass is 219 g/mol. The van der Waals surface area contributed by atoms with Crippen LogP contribution in [-0.2, 0) is 0 Å². The lowest BCUT2D eigenvalue weighted by molar-refractivity contribution is 0.226. The maximum Gasteiger partial charge on any atom is 0.289 e. The second kappa shape index (κ2) is 4.10. The molecule has 1 aliphatic carbocycles. The summed E-state index contributed by atoms with van der Waals surface area (Å²) >= 11 is 2.93. The normalized spacial score (nSPS) is 18.7. The van der Waals surface area contributed by atoms with Gasteiger partial charge in [-0.1, -0.05) is 12.8 Å². The Balaban J connectivity index is 2.23. The molecule has 0 radical (unpaired) electrons. The molecule has 0 bridgehead atoms. The highest BCUT2D eigenvalue weighted by atomic mass is 79.9. The van der Waals surface area contributed by atoms with Gasteiger partial charge in [-0.3, -0.25) is 4.79 Å². The second-order valence-electron chi connectivity index (χ2n) is 3.28. The quantitative estimate of drug-likeness (QED) is 0.517. The molecule has 3 heteroatoms. The number of rotatable bonds is 2. The largest absolute Gasteiger partial charge is 0.336 e. The minimum atomic E-state index is 0.00407. The Labute approximate surface area is 76.1 Å². The summed E-state index contributed by atoms with van der Waals surface area (Å²) in [6.07, 6.45) is 5.28. The van der Waals surface area contributed by atoms with Crippen molar-refractivity contribution in [1.82, 2.24) is 4.90 Å². The van der Waals surface area contributed by atoms with Gasteiger partial charge < -0.3 is 4.90 Å². The summed E-state index contributed by atoms with van der Waals surface area (Å²) in [6.45, 7) is 0.921. The first-order valence-electron chi connectivity index (χ1n) is 4.10. The average Bonchev–Trinajstić information content (AvgIpc) is 2.39. The van der Waals surface area contributed by atoms with Gasteiger partial charge in [0.2, 0.25) is 0 Å². The van der Waals surface area contributed by atoms with Gasteiger partial charge in [0, 0.05) is 29.5 Å². The molecule has 0 aliphatic heterocycles. The van der Waals surface area contributed by atoms with Gasteiger partial charge >= 0.3 is 0 Å². The Morgan fingerprint density at radius 2 is 2.09 bits per heavy atom. The van der Waals surface area contributed by atoms with Crippen molar-refractivity contribution in [3.05, 3.63) is 0 Å². The molecule has 0 aromatic heterocycles. The summed E-state index contributed by atoms with van der Waals surface area (Å²) in [7, 11) is 1.84. The summed E-state index contributed by atoms with van der Waals surface area (Å²) in [4.78, 5) is 12.5. The van der Waals surface area contributed by atoms with Crippen molar-refractivity contribution >= 4 is 20.7 Å². The number of carbonyl (C=O) groups is 1. The zero-order valence-corrected chi connectivity index (χ0v) is 8.43. The predicted octanol–water partition coefficient (Wildman–Crippen LogP) is 2.62. The van der Waals surface area contributed by atoms with Crippen LogP contribution in [0.5, 0.6) is 0 Å². The van der Waals surface area contributed by atoms with Crippen LogP contribution in [0.4, 0.5) is 4.79 Å². The standard InChI is InChI=1S/C8H14BrNO/c1-10(8(9)11)6-7-4-2-3-5-7/h7H,2-6H2,1H3. The maximum absolute atomic E-state index is 10.8. The molecule has 11 heavy (non-hydrogen) atoms. The van der Waals surface area contributed by atoms with E-state index in [4.69, 9.17) is 0 Å². The van der Waals surface area contributed by atoms with Gasteiger partial charge in [-0.05, 0) is 18.8 Å². The van der Waals surface area contributed by atoms with E-state index in [1.807, 2.05) is 7.05 Å². The highest BCUT2D eigenvalue weighted by Gasteiger charge is 2.17. The summed E-state index contributed by atoms with van der Waals surface area (Å²) in [6, 6.07) is 0. The van der Waals surface area contributed by atoms with Crippen LogP contribution in [0.2, 0.25) is 0 Å². The van der Waals surface area contributed by atoms with E-state index >= 15 is 0 Å². The smallest absolute Gasteiger partial charge is 0.289 e. The summed E-state index contributed by atoms with van der Waals surface area (Å²) in [5.74, 6) is 0.751. The van der Waals surface area contributed by atoms with Crippen LogP contribution in [0, 0.1) is 5.92 Å². The van der Waals surface area contributed by atoms with Crippen molar-refractivity contribution in [1.29, 1.82) is 0 Å². The zero-order valence-electron chi connectivity index (χ0n) is 6.85. The first-order chi connectivity index (χ1) is 5.20. The molecule has 0 spiro atoms. The molecular formula is C8H14BrNO. The predicted molar refractivity (Wildman–Crippen MR) is 48.9 cm³/mol. The SMILES string of the molecule is CN(CC1CCCC1)C(=O)Br. The summed E-state index contributed by atoms with van der Waals surface area (Å²) in [5.41, 5.74) is 0. The fourth-order valence-corrected chi connectivity index (χ4v) is 1.80. The van der Waals surface area contributed by atoms with Gasteiger partial charge in [0.05, 0.1) is 0 Å². The van der Waals surface area contributed by atoms with E-state index in [0.29, 0.717) is 0 Å². The molecule has 0 unspecified atom stereocenters. The number of hydrogen-bond acceptors (Lipinski definition) is 1. The fraction of sp³-hybridized carbons (Fsp3) is 0.875.